The summed E-state index contributed by atoms with van der Waals surface area (Å²) in [5.41, 5.74) is 8.88. The molecule has 100 valence electrons. The van der Waals surface area contributed by atoms with Crippen molar-refractivity contribution in [2.45, 2.75) is 6.92 Å². The third kappa shape index (κ3) is 2.30. The average molecular weight is 331 g/mol. The lowest BCUT2D eigenvalue weighted by molar-refractivity contribution is 0.432. The number of aromatic nitrogens is 3. The van der Waals surface area contributed by atoms with E-state index in [0.717, 1.165) is 15.6 Å². The van der Waals surface area contributed by atoms with Crippen molar-refractivity contribution in [3.63, 3.8) is 0 Å². The topological polar surface area (TPSA) is 77.8 Å². The van der Waals surface area contributed by atoms with Gasteiger partial charge in [0.25, 0.3) is 5.89 Å². The maximum Gasteiger partial charge on any atom is 0.259 e. The Morgan fingerprint density at radius 2 is 2.10 bits per heavy atom. The number of pyridine rings is 1. The van der Waals surface area contributed by atoms with Crippen molar-refractivity contribution in [2.75, 3.05) is 5.73 Å². The van der Waals surface area contributed by atoms with Gasteiger partial charge in [0, 0.05) is 16.4 Å². The number of anilines is 1. The SMILES string of the molecule is Cc1cccnc1-c1noc(-c2cc(N)ccc2Br)n1. The number of nitrogens with two attached hydrogens (primary N) is 1. The summed E-state index contributed by atoms with van der Waals surface area (Å²) in [6, 6.07) is 9.25. The predicted octanol–water partition coefficient (Wildman–Crippen LogP) is 3.45. The number of aryl methyl sites for hydroxylation is 1. The molecule has 2 heterocycles. The Morgan fingerprint density at radius 3 is 2.90 bits per heavy atom. The largest absolute Gasteiger partial charge is 0.399 e. The van der Waals surface area contributed by atoms with Crippen molar-refractivity contribution in [2.24, 2.45) is 0 Å². The molecule has 0 aliphatic rings. The Balaban J connectivity index is 2.07. The summed E-state index contributed by atoms with van der Waals surface area (Å²) in [5.74, 6) is 0.872. The molecule has 0 aliphatic carbocycles. The molecule has 0 amide bonds. The molecular weight excluding hydrogens is 320 g/mol. The number of rotatable bonds is 2. The Morgan fingerprint density at radius 1 is 1.25 bits per heavy atom. The van der Waals surface area contributed by atoms with E-state index in [-0.39, 0.29) is 0 Å². The highest BCUT2D eigenvalue weighted by atomic mass is 79.9. The van der Waals surface area contributed by atoms with E-state index in [9.17, 15) is 0 Å². The highest BCUT2D eigenvalue weighted by Crippen LogP contribution is 2.30. The fraction of sp³-hybridized carbons (Fsp3) is 0.0714. The molecule has 0 fully saturated rings. The number of nitrogen functional groups attached to an aromatic ring is 1. The van der Waals surface area contributed by atoms with Gasteiger partial charge in [-0.1, -0.05) is 11.2 Å². The zero-order chi connectivity index (χ0) is 14.1. The van der Waals surface area contributed by atoms with Crippen LogP contribution in [0.25, 0.3) is 23.0 Å². The minimum atomic E-state index is 0.407. The van der Waals surface area contributed by atoms with Crippen molar-refractivity contribution < 1.29 is 4.52 Å². The highest BCUT2D eigenvalue weighted by molar-refractivity contribution is 9.10. The molecule has 3 aromatic rings. The van der Waals surface area contributed by atoms with Crippen molar-refractivity contribution >= 4 is 21.6 Å². The molecule has 0 spiro atoms. The highest BCUT2D eigenvalue weighted by Gasteiger charge is 2.15. The molecule has 0 aliphatic heterocycles. The summed E-state index contributed by atoms with van der Waals surface area (Å²) in [4.78, 5) is 8.66. The molecule has 0 saturated carbocycles. The standard InChI is InChI=1S/C14H11BrN4O/c1-8-3-2-6-17-12(8)13-18-14(20-19-13)10-7-9(16)4-5-11(10)15/h2-7H,16H2,1H3. The van der Waals surface area contributed by atoms with Gasteiger partial charge in [0.2, 0.25) is 5.82 Å². The Labute approximate surface area is 124 Å². The van der Waals surface area contributed by atoms with Gasteiger partial charge < -0.3 is 10.3 Å². The lowest BCUT2D eigenvalue weighted by Gasteiger charge is -2.00. The summed E-state index contributed by atoms with van der Waals surface area (Å²) in [6.45, 7) is 1.95. The third-order valence-electron chi connectivity index (χ3n) is 2.87. The minimum Gasteiger partial charge on any atom is -0.399 e. The summed E-state index contributed by atoms with van der Waals surface area (Å²) < 4.78 is 6.16. The van der Waals surface area contributed by atoms with Crippen molar-refractivity contribution in [1.82, 2.24) is 15.1 Å². The summed E-state index contributed by atoms with van der Waals surface area (Å²) in [6.07, 6.45) is 1.70. The Bertz CT molecular complexity index is 769. The van der Waals surface area contributed by atoms with E-state index < -0.39 is 0 Å². The van der Waals surface area contributed by atoms with Gasteiger partial charge in [0.1, 0.15) is 5.69 Å². The fourth-order valence-corrected chi connectivity index (χ4v) is 2.27. The number of nitrogens with zero attached hydrogens (tertiary/aromatic N) is 3. The van der Waals surface area contributed by atoms with E-state index in [4.69, 9.17) is 10.3 Å². The maximum absolute atomic E-state index is 5.78. The van der Waals surface area contributed by atoms with E-state index >= 15 is 0 Å². The van der Waals surface area contributed by atoms with Crippen LogP contribution in [0.3, 0.4) is 0 Å². The van der Waals surface area contributed by atoms with Crippen molar-refractivity contribution in [3.8, 4) is 23.0 Å². The molecule has 1 aromatic carbocycles. The van der Waals surface area contributed by atoms with Crippen LogP contribution < -0.4 is 5.73 Å². The molecule has 2 N–H and O–H groups in total. The Hall–Kier alpha value is -2.21. The van der Waals surface area contributed by atoms with Gasteiger partial charge in [-0.3, -0.25) is 4.98 Å². The van der Waals surface area contributed by atoms with Crippen LogP contribution in [0, 0.1) is 6.92 Å². The third-order valence-corrected chi connectivity index (χ3v) is 3.56. The molecule has 0 bridgehead atoms. The van der Waals surface area contributed by atoms with Crippen LogP contribution in [0.1, 0.15) is 5.56 Å². The van der Waals surface area contributed by atoms with Crippen LogP contribution in [-0.4, -0.2) is 15.1 Å². The first-order chi connectivity index (χ1) is 9.65. The van der Waals surface area contributed by atoms with Crippen LogP contribution in [0.2, 0.25) is 0 Å². The number of hydrogen-bond donors (Lipinski definition) is 1. The molecule has 0 atom stereocenters. The first-order valence-corrected chi connectivity index (χ1v) is 6.75. The molecule has 3 rings (SSSR count). The van der Waals surface area contributed by atoms with Crippen molar-refractivity contribution in [3.05, 3.63) is 46.6 Å². The lowest BCUT2D eigenvalue weighted by Crippen LogP contribution is -1.90. The summed E-state index contributed by atoms with van der Waals surface area (Å²) in [5, 5.41) is 3.98. The fourth-order valence-electron chi connectivity index (χ4n) is 1.86. The van der Waals surface area contributed by atoms with E-state index in [1.54, 1.807) is 18.3 Å². The zero-order valence-electron chi connectivity index (χ0n) is 10.7. The molecule has 0 radical (unpaired) electrons. The first-order valence-electron chi connectivity index (χ1n) is 5.96. The zero-order valence-corrected chi connectivity index (χ0v) is 12.3. The van der Waals surface area contributed by atoms with Gasteiger partial charge in [0.15, 0.2) is 0 Å². The van der Waals surface area contributed by atoms with Gasteiger partial charge in [0.05, 0.1) is 5.56 Å². The van der Waals surface area contributed by atoms with E-state index in [0.29, 0.717) is 23.1 Å². The number of hydrogen-bond acceptors (Lipinski definition) is 5. The van der Waals surface area contributed by atoms with Gasteiger partial charge in [-0.05, 0) is 52.7 Å². The molecule has 0 saturated heterocycles. The molecule has 0 unspecified atom stereocenters. The molecular formula is C14H11BrN4O. The second-order valence-electron chi connectivity index (χ2n) is 4.33. The normalized spacial score (nSPS) is 10.7. The maximum atomic E-state index is 5.78. The Kier molecular flexibility index (Phi) is 3.23. The molecule has 5 nitrogen and oxygen atoms in total. The van der Waals surface area contributed by atoms with Crippen LogP contribution in [-0.2, 0) is 0 Å². The second-order valence-corrected chi connectivity index (χ2v) is 5.19. The van der Waals surface area contributed by atoms with Gasteiger partial charge in [-0.25, -0.2) is 0 Å². The van der Waals surface area contributed by atoms with E-state index in [1.807, 2.05) is 25.1 Å². The lowest BCUT2D eigenvalue weighted by atomic mass is 10.2. The van der Waals surface area contributed by atoms with Crippen molar-refractivity contribution in [1.29, 1.82) is 0 Å². The van der Waals surface area contributed by atoms with Gasteiger partial charge in [-0.2, -0.15) is 4.98 Å². The summed E-state index contributed by atoms with van der Waals surface area (Å²) in [7, 11) is 0. The number of halogens is 1. The van der Waals surface area contributed by atoms with Crippen LogP contribution in [0.4, 0.5) is 5.69 Å². The predicted molar refractivity (Wildman–Crippen MR) is 79.8 cm³/mol. The monoisotopic (exact) mass is 330 g/mol. The first kappa shape index (κ1) is 12.8. The molecule has 6 heteroatoms. The average Bonchev–Trinajstić information content (AvgIpc) is 2.91. The van der Waals surface area contributed by atoms with Crippen LogP contribution in [0.15, 0.2) is 45.5 Å². The number of benzene rings is 1. The van der Waals surface area contributed by atoms with Gasteiger partial charge >= 0.3 is 0 Å². The smallest absolute Gasteiger partial charge is 0.259 e. The molecule has 20 heavy (non-hydrogen) atoms. The summed E-state index contributed by atoms with van der Waals surface area (Å²) >= 11 is 3.45. The minimum absolute atomic E-state index is 0.407. The van der Waals surface area contributed by atoms with Crippen LogP contribution >= 0.6 is 15.9 Å². The second kappa shape index (κ2) is 5.05. The van der Waals surface area contributed by atoms with E-state index in [2.05, 4.69) is 31.1 Å². The molecule has 2 aromatic heterocycles. The van der Waals surface area contributed by atoms with E-state index in [1.165, 1.54) is 0 Å². The van der Waals surface area contributed by atoms with Crippen LogP contribution in [0.5, 0.6) is 0 Å². The quantitative estimate of drug-likeness (QED) is 0.728. The van der Waals surface area contributed by atoms with Gasteiger partial charge in [-0.15, -0.1) is 0 Å².